The van der Waals surface area contributed by atoms with Crippen molar-refractivity contribution in [3.63, 3.8) is 0 Å². The summed E-state index contributed by atoms with van der Waals surface area (Å²) in [6, 6.07) is 0. The van der Waals surface area contributed by atoms with Gasteiger partial charge in [0.2, 0.25) is 0 Å². The molecule has 3 nitrogen and oxygen atoms in total. The second-order valence-electron chi connectivity index (χ2n) is 1.09. The topological polar surface area (TPSA) is 52.3 Å². The van der Waals surface area contributed by atoms with E-state index in [0.29, 0.717) is 12.3 Å². The van der Waals surface area contributed by atoms with Crippen molar-refractivity contribution < 1.29 is 9.53 Å². The van der Waals surface area contributed by atoms with E-state index in [0.717, 1.165) is 11.8 Å². The Hall–Kier alpha value is -0.220. The summed E-state index contributed by atoms with van der Waals surface area (Å²) in [6.07, 6.45) is 0. The largest absolute Gasteiger partial charge is 0.461 e. The lowest BCUT2D eigenvalue weighted by atomic mass is 10.8. The van der Waals surface area contributed by atoms with Crippen LogP contribution in [-0.2, 0) is 4.74 Å². The molecule has 0 aromatic rings. The van der Waals surface area contributed by atoms with Crippen LogP contribution in [-0.4, -0.2) is 24.7 Å². The number of ether oxygens (including phenoxy) is 1. The zero-order chi connectivity index (χ0) is 6.41. The Morgan fingerprint density at radius 3 is 2.88 bits per heavy atom. The molecule has 0 spiro atoms. The molecule has 0 bridgehead atoms. The molecule has 48 valence electrons. The number of carbonyl (C=O) groups is 1. The molecule has 2 N–H and O–H groups in total. The molecule has 0 radical (unpaired) electrons. The van der Waals surface area contributed by atoms with Gasteiger partial charge in [0.1, 0.15) is 0 Å². The van der Waals surface area contributed by atoms with Crippen molar-refractivity contribution in [2.24, 2.45) is 5.73 Å². The molecule has 0 rings (SSSR count). The first kappa shape index (κ1) is 7.78. The average Bonchev–Trinajstić information content (AvgIpc) is 1.83. The summed E-state index contributed by atoms with van der Waals surface area (Å²) in [4.78, 5) is 10.3. The lowest BCUT2D eigenvalue weighted by Gasteiger charge is -1.93. The van der Waals surface area contributed by atoms with Crippen LogP contribution in [0.25, 0.3) is 0 Å². The van der Waals surface area contributed by atoms with Crippen LogP contribution in [0.3, 0.4) is 0 Å². The van der Waals surface area contributed by atoms with Crippen LogP contribution in [0, 0.1) is 0 Å². The molecule has 0 aliphatic heterocycles. The fourth-order valence-electron chi connectivity index (χ4n) is 0.201. The van der Waals surface area contributed by atoms with Crippen molar-refractivity contribution in [3.05, 3.63) is 0 Å². The Labute approximate surface area is 52.6 Å². The lowest BCUT2D eigenvalue weighted by Crippen LogP contribution is -2.04. The Balaban J connectivity index is 2.99. The number of rotatable bonds is 2. The van der Waals surface area contributed by atoms with E-state index in [-0.39, 0.29) is 5.30 Å². The number of thioether (sulfide) groups is 1. The number of methoxy groups -OCH3 is 1. The van der Waals surface area contributed by atoms with Gasteiger partial charge in [-0.25, -0.2) is 4.79 Å². The molecule has 8 heavy (non-hydrogen) atoms. The van der Waals surface area contributed by atoms with Crippen LogP contribution >= 0.6 is 11.8 Å². The van der Waals surface area contributed by atoms with Crippen LogP contribution in [0.15, 0.2) is 0 Å². The highest BCUT2D eigenvalue weighted by Gasteiger charge is 1.96. The molecule has 0 heterocycles. The predicted molar refractivity (Wildman–Crippen MR) is 33.9 cm³/mol. The van der Waals surface area contributed by atoms with Crippen LogP contribution < -0.4 is 5.73 Å². The maximum atomic E-state index is 10.3. The van der Waals surface area contributed by atoms with Gasteiger partial charge in [0.05, 0.1) is 7.11 Å². The minimum absolute atomic E-state index is 0.268. The van der Waals surface area contributed by atoms with E-state index in [2.05, 4.69) is 4.74 Å². The van der Waals surface area contributed by atoms with Gasteiger partial charge < -0.3 is 10.5 Å². The van der Waals surface area contributed by atoms with Crippen molar-refractivity contribution in [1.29, 1.82) is 0 Å². The molecular formula is C4H9NO2S. The van der Waals surface area contributed by atoms with Gasteiger partial charge in [-0.1, -0.05) is 0 Å². The molecular weight excluding hydrogens is 126 g/mol. The summed E-state index contributed by atoms with van der Waals surface area (Å²) >= 11 is 1.09. The van der Waals surface area contributed by atoms with Gasteiger partial charge in [0.15, 0.2) is 0 Å². The van der Waals surface area contributed by atoms with Crippen LogP contribution in [0.1, 0.15) is 0 Å². The van der Waals surface area contributed by atoms with Crippen molar-refractivity contribution in [1.82, 2.24) is 0 Å². The Morgan fingerprint density at radius 1 is 1.88 bits per heavy atom. The fourth-order valence-corrected chi connectivity index (χ4v) is 0.604. The molecule has 0 fully saturated rings. The van der Waals surface area contributed by atoms with Gasteiger partial charge in [-0.3, -0.25) is 0 Å². The summed E-state index contributed by atoms with van der Waals surface area (Å²) in [7, 11) is 1.35. The van der Waals surface area contributed by atoms with Gasteiger partial charge in [0.25, 0.3) is 0 Å². The van der Waals surface area contributed by atoms with Crippen LogP contribution in [0.2, 0.25) is 0 Å². The molecule has 4 heteroatoms. The number of nitrogens with two attached hydrogens (primary N) is 1. The molecule has 0 unspecified atom stereocenters. The monoisotopic (exact) mass is 135 g/mol. The van der Waals surface area contributed by atoms with Crippen molar-refractivity contribution in [3.8, 4) is 0 Å². The first-order valence-electron chi connectivity index (χ1n) is 2.22. The minimum atomic E-state index is -0.268. The third kappa shape index (κ3) is 3.95. The number of hydrogen-bond donors (Lipinski definition) is 1. The summed E-state index contributed by atoms with van der Waals surface area (Å²) in [5.41, 5.74) is 5.10. The summed E-state index contributed by atoms with van der Waals surface area (Å²) in [5, 5.41) is -0.268. The summed E-state index contributed by atoms with van der Waals surface area (Å²) < 4.78 is 4.32. The van der Waals surface area contributed by atoms with Gasteiger partial charge in [0, 0.05) is 12.3 Å². The molecule has 0 aliphatic carbocycles. The smallest absolute Gasteiger partial charge is 0.367 e. The second kappa shape index (κ2) is 4.93. The molecule has 0 aromatic heterocycles. The van der Waals surface area contributed by atoms with E-state index in [1.54, 1.807) is 0 Å². The normalized spacial score (nSPS) is 8.75. The van der Waals surface area contributed by atoms with E-state index in [4.69, 9.17) is 5.73 Å². The van der Waals surface area contributed by atoms with Gasteiger partial charge in [-0.2, -0.15) is 0 Å². The van der Waals surface area contributed by atoms with Crippen molar-refractivity contribution in [2.45, 2.75) is 0 Å². The van der Waals surface area contributed by atoms with E-state index in [1.165, 1.54) is 7.11 Å². The molecule has 0 aliphatic rings. The third-order valence-electron chi connectivity index (χ3n) is 0.504. The molecule has 0 aromatic carbocycles. The summed E-state index contributed by atoms with van der Waals surface area (Å²) in [6.45, 7) is 0.514. The van der Waals surface area contributed by atoms with Gasteiger partial charge >= 0.3 is 5.30 Å². The van der Waals surface area contributed by atoms with E-state index in [9.17, 15) is 4.79 Å². The minimum Gasteiger partial charge on any atom is -0.461 e. The second-order valence-corrected chi connectivity index (χ2v) is 2.12. The highest BCUT2D eigenvalue weighted by molar-refractivity contribution is 8.13. The molecule has 0 amide bonds. The zero-order valence-corrected chi connectivity index (χ0v) is 5.53. The first-order valence-corrected chi connectivity index (χ1v) is 3.20. The average molecular weight is 135 g/mol. The predicted octanol–water partition coefficient (Wildman–Crippen LogP) is 0.445. The highest BCUT2D eigenvalue weighted by atomic mass is 32.2. The maximum Gasteiger partial charge on any atom is 0.367 e. The highest BCUT2D eigenvalue weighted by Crippen LogP contribution is 2.00. The van der Waals surface area contributed by atoms with Crippen molar-refractivity contribution in [2.75, 3.05) is 19.4 Å². The summed E-state index contributed by atoms with van der Waals surface area (Å²) in [5.74, 6) is 0.632. The Kier molecular flexibility index (Phi) is 4.79. The maximum absolute atomic E-state index is 10.3. The van der Waals surface area contributed by atoms with Crippen LogP contribution in [0.5, 0.6) is 0 Å². The zero-order valence-electron chi connectivity index (χ0n) is 4.72. The van der Waals surface area contributed by atoms with Crippen molar-refractivity contribution >= 4 is 17.1 Å². The van der Waals surface area contributed by atoms with Crippen LogP contribution in [0.4, 0.5) is 4.79 Å². The van der Waals surface area contributed by atoms with E-state index < -0.39 is 0 Å². The first-order chi connectivity index (χ1) is 3.81. The fraction of sp³-hybridized carbons (Fsp3) is 0.750. The number of hydrogen-bond acceptors (Lipinski definition) is 4. The van der Waals surface area contributed by atoms with E-state index in [1.807, 2.05) is 0 Å². The van der Waals surface area contributed by atoms with E-state index >= 15 is 0 Å². The lowest BCUT2D eigenvalue weighted by molar-refractivity contribution is 0.200. The van der Waals surface area contributed by atoms with Gasteiger partial charge in [-0.05, 0) is 11.8 Å². The molecule has 0 saturated heterocycles. The molecule has 0 atom stereocenters. The number of carbonyl (C=O) groups excluding carboxylic acids is 1. The van der Waals surface area contributed by atoms with Gasteiger partial charge in [-0.15, -0.1) is 0 Å². The SMILES string of the molecule is COC(=O)SCCN. The standard InChI is InChI=1S/C4H9NO2S/c1-7-4(6)8-3-2-5/h2-3,5H2,1H3. The Bertz CT molecular complexity index is 76.4. The Morgan fingerprint density at radius 2 is 2.50 bits per heavy atom. The quantitative estimate of drug-likeness (QED) is 0.558. The third-order valence-corrected chi connectivity index (χ3v) is 1.35. The molecule has 0 saturated carbocycles.